The minimum absolute atomic E-state index is 0.265. The lowest BCUT2D eigenvalue weighted by atomic mass is 10.1. The third-order valence-corrected chi connectivity index (χ3v) is 3.24. The molecule has 2 N–H and O–H groups in total. The van der Waals surface area contributed by atoms with Crippen molar-refractivity contribution < 1.29 is 9.90 Å². The lowest BCUT2D eigenvalue weighted by molar-refractivity contribution is 0.0695. The molecule has 0 fully saturated rings. The second kappa shape index (κ2) is 5.25. The average molecular weight is 319 g/mol. The quantitative estimate of drug-likeness (QED) is 0.887. The van der Waals surface area contributed by atoms with E-state index in [1.165, 1.54) is 24.4 Å². The van der Waals surface area contributed by atoms with Gasteiger partial charge in [0, 0.05) is 22.3 Å². The summed E-state index contributed by atoms with van der Waals surface area (Å²) in [5.41, 5.74) is -0.285. The lowest BCUT2D eigenvalue weighted by Crippen LogP contribution is -2.16. The molecule has 1 aromatic heterocycles. The van der Waals surface area contributed by atoms with Crippen LogP contribution in [0.4, 0.5) is 0 Å². The number of aromatic carboxylic acids is 1. The number of aromatic nitrogens is 1. The topological polar surface area (TPSA) is 70.2 Å². The van der Waals surface area contributed by atoms with E-state index in [4.69, 9.17) is 39.9 Å². The van der Waals surface area contributed by atoms with Gasteiger partial charge in [0.05, 0.1) is 10.0 Å². The van der Waals surface area contributed by atoms with Crippen molar-refractivity contribution in [2.75, 3.05) is 0 Å². The maximum atomic E-state index is 11.3. The molecule has 7 heteroatoms. The van der Waals surface area contributed by atoms with E-state index in [1.807, 2.05) is 0 Å². The van der Waals surface area contributed by atoms with Gasteiger partial charge in [-0.1, -0.05) is 34.8 Å². The van der Waals surface area contributed by atoms with Gasteiger partial charge in [0.1, 0.15) is 5.56 Å². The monoisotopic (exact) mass is 317 g/mol. The average Bonchev–Trinajstić information content (AvgIpc) is 2.29. The highest BCUT2D eigenvalue weighted by atomic mass is 35.5. The maximum absolute atomic E-state index is 11.3. The molecule has 0 saturated carbocycles. The minimum Gasteiger partial charge on any atom is -0.477 e. The van der Waals surface area contributed by atoms with Crippen molar-refractivity contribution in [2.24, 2.45) is 0 Å². The van der Waals surface area contributed by atoms with Crippen LogP contribution < -0.4 is 5.56 Å². The van der Waals surface area contributed by atoms with Gasteiger partial charge < -0.3 is 10.1 Å². The minimum atomic E-state index is -1.33. The molecule has 19 heavy (non-hydrogen) atoms. The zero-order valence-electron chi connectivity index (χ0n) is 9.21. The van der Waals surface area contributed by atoms with Gasteiger partial charge in [0.25, 0.3) is 5.56 Å². The van der Waals surface area contributed by atoms with E-state index in [1.54, 1.807) is 0 Å². The highest BCUT2D eigenvalue weighted by Gasteiger charge is 2.15. The van der Waals surface area contributed by atoms with Crippen LogP contribution in [0, 0.1) is 0 Å². The summed E-state index contributed by atoms with van der Waals surface area (Å²) in [6.07, 6.45) is 1.34. The normalized spacial score (nSPS) is 10.5. The molecule has 98 valence electrons. The van der Waals surface area contributed by atoms with Gasteiger partial charge in [-0.15, -0.1) is 0 Å². The summed E-state index contributed by atoms with van der Waals surface area (Å²) in [6.45, 7) is 0. The molecule has 0 radical (unpaired) electrons. The number of nitrogens with one attached hydrogen (secondary N) is 1. The standard InChI is InChI=1S/C12H6Cl3NO3/c13-6-2-8(14)10(9(15)3-6)5-1-7(12(18)19)11(17)16-4-5/h1-4H,(H,16,17)(H,18,19). The van der Waals surface area contributed by atoms with Gasteiger partial charge in [0.2, 0.25) is 0 Å². The summed E-state index contributed by atoms with van der Waals surface area (Å²) in [4.78, 5) is 24.6. The molecule has 4 nitrogen and oxygen atoms in total. The molecule has 1 heterocycles. The van der Waals surface area contributed by atoms with Crippen LogP contribution in [0.25, 0.3) is 11.1 Å². The first-order valence-corrected chi connectivity index (χ1v) is 6.14. The third kappa shape index (κ3) is 2.76. The van der Waals surface area contributed by atoms with Crippen molar-refractivity contribution in [3.05, 3.63) is 55.4 Å². The number of carbonyl (C=O) groups is 1. The molecular weight excluding hydrogens is 312 g/mol. The number of hydrogen-bond acceptors (Lipinski definition) is 2. The molecule has 2 aromatic rings. The number of carboxylic acid groups (broad SMARTS) is 1. The van der Waals surface area contributed by atoms with Gasteiger partial charge in [0.15, 0.2) is 0 Å². The molecular formula is C12H6Cl3NO3. The predicted molar refractivity (Wildman–Crippen MR) is 74.5 cm³/mol. The number of aromatic amines is 1. The first-order chi connectivity index (χ1) is 8.90. The molecule has 0 bridgehead atoms. The molecule has 0 amide bonds. The Kier molecular flexibility index (Phi) is 3.85. The van der Waals surface area contributed by atoms with E-state index in [0.29, 0.717) is 16.1 Å². The molecule has 0 aliphatic heterocycles. The van der Waals surface area contributed by atoms with Crippen molar-refractivity contribution in [1.29, 1.82) is 0 Å². The summed E-state index contributed by atoms with van der Waals surface area (Å²) in [6, 6.07) is 4.17. The number of carboxylic acids is 1. The largest absolute Gasteiger partial charge is 0.477 e. The van der Waals surface area contributed by atoms with E-state index in [-0.39, 0.29) is 15.6 Å². The van der Waals surface area contributed by atoms with Crippen LogP contribution in [0.5, 0.6) is 0 Å². The van der Waals surface area contributed by atoms with Crippen molar-refractivity contribution >= 4 is 40.8 Å². The summed E-state index contributed by atoms with van der Waals surface area (Å²) < 4.78 is 0. The number of hydrogen-bond donors (Lipinski definition) is 2. The van der Waals surface area contributed by atoms with Gasteiger partial charge >= 0.3 is 5.97 Å². The van der Waals surface area contributed by atoms with Crippen LogP contribution in [0.1, 0.15) is 10.4 Å². The summed E-state index contributed by atoms with van der Waals surface area (Å²) in [5, 5.41) is 9.80. The smallest absolute Gasteiger partial charge is 0.341 e. The second-order valence-electron chi connectivity index (χ2n) is 3.68. The molecule has 0 saturated heterocycles. The van der Waals surface area contributed by atoms with Gasteiger partial charge in [-0.2, -0.15) is 0 Å². The Bertz CT molecular complexity index is 701. The molecule has 1 aromatic carbocycles. The molecule has 2 rings (SSSR count). The summed E-state index contributed by atoms with van der Waals surface area (Å²) >= 11 is 17.9. The lowest BCUT2D eigenvalue weighted by Gasteiger charge is -2.08. The van der Waals surface area contributed by atoms with Crippen LogP contribution in [0.3, 0.4) is 0 Å². The number of halogens is 3. The van der Waals surface area contributed by atoms with Crippen molar-refractivity contribution in [2.45, 2.75) is 0 Å². The SMILES string of the molecule is O=C(O)c1cc(-c2c(Cl)cc(Cl)cc2Cl)c[nH]c1=O. The highest BCUT2D eigenvalue weighted by molar-refractivity contribution is 6.41. The molecule has 0 atom stereocenters. The van der Waals surface area contributed by atoms with Crippen molar-refractivity contribution in [1.82, 2.24) is 4.98 Å². The first kappa shape index (κ1) is 13.9. The zero-order chi connectivity index (χ0) is 14.2. The predicted octanol–water partition coefficient (Wildman–Crippen LogP) is 3.70. The molecule has 0 unspecified atom stereocenters. The Morgan fingerprint density at radius 1 is 1.11 bits per heavy atom. The van der Waals surface area contributed by atoms with Crippen LogP contribution in [0.15, 0.2) is 29.2 Å². The van der Waals surface area contributed by atoms with Crippen molar-refractivity contribution in [3.8, 4) is 11.1 Å². The molecule has 0 aliphatic rings. The van der Waals surface area contributed by atoms with Crippen LogP contribution in [-0.2, 0) is 0 Å². The number of rotatable bonds is 2. The summed E-state index contributed by atoms with van der Waals surface area (Å²) in [5.74, 6) is -1.33. The Morgan fingerprint density at radius 2 is 1.68 bits per heavy atom. The van der Waals surface area contributed by atoms with Crippen LogP contribution in [0.2, 0.25) is 15.1 Å². The molecule has 0 spiro atoms. The first-order valence-electron chi connectivity index (χ1n) is 5.01. The Hall–Kier alpha value is -1.49. The second-order valence-corrected chi connectivity index (χ2v) is 4.93. The van der Waals surface area contributed by atoms with Gasteiger partial charge in [-0.25, -0.2) is 4.79 Å². The van der Waals surface area contributed by atoms with Gasteiger partial charge in [-0.3, -0.25) is 4.79 Å². The van der Waals surface area contributed by atoms with Crippen LogP contribution in [-0.4, -0.2) is 16.1 Å². The summed E-state index contributed by atoms with van der Waals surface area (Å²) in [7, 11) is 0. The molecule has 0 aliphatic carbocycles. The van der Waals surface area contributed by atoms with Crippen LogP contribution >= 0.6 is 34.8 Å². The van der Waals surface area contributed by atoms with E-state index < -0.39 is 11.5 Å². The number of benzene rings is 1. The maximum Gasteiger partial charge on any atom is 0.341 e. The van der Waals surface area contributed by atoms with E-state index in [0.717, 1.165) is 0 Å². The Labute approximate surface area is 122 Å². The number of H-pyrrole nitrogens is 1. The Balaban J connectivity index is 2.70. The van der Waals surface area contributed by atoms with Gasteiger partial charge in [-0.05, 0) is 18.2 Å². The highest BCUT2D eigenvalue weighted by Crippen LogP contribution is 2.36. The Morgan fingerprint density at radius 3 is 2.21 bits per heavy atom. The number of pyridine rings is 1. The fraction of sp³-hybridized carbons (Fsp3) is 0. The van der Waals surface area contributed by atoms with Crippen molar-refractivity contribution in [3.63, 3.8) is 0 Å². The van der Waals surface area contributed by atoms with E-state index in [9.17, 15) is 9.59 Å². The third-order valence-electron chi connectivity index (χ3n) is 2.43. The zero-order valence-corrected chi connectivity index (χ0v) is 11.5. The fourth-order valence-electron chi connectivity index (χ4n) is 1.60. The van der Waals surface area contributed by atoms with E-state index in [2.05, 4.69) is 4.98 Å². The fourth-order valence-corrected chi connectivity index (χ4v) is 2.64. The van der Waals surface area contributed by atoms with E-state index >= 15 is 0 Å².